The van der Waals surface area contributed by atoms with Crippen LogP contribution in [0, 0.1) is 0 Å². The SMILES string of the molecule is COc1cccc(N(C)CCC(=O)c2ccccc2)c1. The van der Waals surface area contributed by atoms with Gasteiger partial charge in [0.1, 0.15) is 5.75 Å². The van der Waals surface area contributed by atoms with E-state index < -0.39 is 0 Å². The quantitative estimate of drug-likeness (QED) is 0.753. The van der Waals surface area contributed by atoms with Crippen LogP contribution in [-0.4, -0.2) is 26.5 Å². The van der Waals surface area contributed by atoms with Crippen molar-refractivity contribution in [1.29, 1.82) is 0 Å². The normalized spacial score (nSPS) is 10.1. The van der Waals surface area contributed by atoms with Crippen molar-refractivity contribution in [2.75, 3.05) is 25.6 Å². The average molecular weight is 269 g/mol. The number of methoxy groups -OCH3 is 1. The number of benzene rings is 2. The summed E-state index contributed by atoms with van der Waals surface area (Å²) in [5.41, 5.74) is 1.82. The minimum absolute atomic E-state index is 0.167. The third-order valence-electron chi connectivity index (χ3n) is 3.26. The highest BCUT2D eigenvalue weighted by Crippen LogP contribution is 2.20. The first-order valence-electron chi connectivity index (χ1n) is 6.64. The van der Waals surface area contributed by atoms with Crippen molar-refractivity contribution in [2.45, 2.75) is 6.42 Å². The Morgan fingerprint density at radius 1 is 1.10 bits per heavy atom. The Bertz CT molecular complexity index is 566. The van der Waals surface area contributed by atoms with Crippen molar-refractivity contribution in [3.8, 4) is 5.75 Å². The van der Waals surface area contributed by atoms with E-state index in [4.69, 9.17) is 4.74 Å². The third-order valence-corrected chi connectivity index (χ3v) is 3.26. The molecule has 20 heavy (non-hydrogen) atoms. The molecular formula is C17H19NO2. The van der Waals surface area contributed by atoms with Crippen LogP contribution in [-0.2, 0) is 0 Å². The van der Waals surface area contributed by atoms with E-state index in [1.165, 1.54) is 0 Å². The minimum Gasteiger partial charge on any atom is -0.497 e. The van der Waals surface area contributed by atoms with Gasteiger partial charge in [-0.3, -0.25) is 4.79 Å². The summed E-state index contributed by atoms with van der Waals surface area (Å²) in [6.45, 7) is 0.681. The molecule has 0 N–H and O–H groups in total. The van der Waals surface area contributed by atoms with Gasteiger partial charge in [0.25, 0.3) is 0 Å². The zero-order valence-corrected chi connectivity index (χ0v) is 11.9. The Morgan fingerprint density at radius 3 is 2.55 bits per heavy atom. The zero-order chi connectivity index (χ0) is 14.4. The van der Waals surface area contributed by atoms with E-state index in [0.29, 0.717) is 13.0 Å². The number of hydrogen-bond donors (Lipinski definition) is 0. The van der Waals surface area contributed by atoms with Crippen molar-refractivity contribution in [1.82, 2.24) is 0 Å². The lowest BCUT2D eigenvalue weighted by molar-refractivity contribution is 0.0985. The van der Waals surface area contributed by atoms with Gasteiger partial charge in [-0.05, 0) is 12.1 Å². The van der Waals surface area contributed by atoms with Crippen molar-refractivity contribution in [3.63, 3.8) is 0 Å². The van der Waals surface area contributed by atoms with E-state index in [2.05, 4.69) is 4.90 Å². The van der Waals surface area contributed by atoms with Gasteiger partial charge in [0.05, 0.1) is 7.11 Å². The van der Waals surface area contributed by atoms with Gasteiger partial charge >= 0.3 is 0 Å². The molecule has 0 aromatic heterocycles. The van der Waals surface area contributed by atoms with Gasteiger partial charge in [0.15, 0.2) is 5.78 Å². The molecule has 0 atom stereocenters. The maximum absolute atomic E-state index is 12.1. The maximum atomic E-state index is 12.1. The van der Waals surface area contributed by atoms with E-state index >= 15 is 0 Å². The lowest BCUT2D eigenvalue weighted by atomic mass is 10.1. The van der Waals surface area contributed by atoms with E-state index in [0.717, 1.165) is 17.0 Å². The highest BCUT2D eigenvalue weighted by Gasteiger charge is 2.08. The Kier molecular flexibility index (Phi) is 4.77. The number of carbonyl (C=O) groups excluding carboxylic acids is 1. The van der Waals surface area contributed by atoms with E-state index in [1.807, 2.05) is 61.6 Å². The molecule has 0 heterocycles. The molecule has 0 saturated heterocycles. The Balaban J connectivity index is 1.95. The minimum atomic E-state index is 0.167. The van der Waals surface area contributed by atoms with Crippen LogP contribution in [0.5, 0.6) is 5.75 Å². The van der Waals surface area contributed by atoms with Gasteiger partial charge in [0.2, 0.25) is 0 Å². The molecule has 104 valence electrons. The van der Waals surface area contributed by atoms with Crippen molar-refractivity contribution in [2.24, 2.45) is 0 Å². The van der Waals surface area contributed by atoms with Crippen LogP contribution in [0.15, 0.2) is 54.6 Å². The molecule has 0 saturated carbocycles. The number of ketones is 1. The fourth-order valence-corrected chi connectivity index (χ4v) is 2.01. The molecule has 0 spiro atoms. The number of nitrogens with zero attached hydrogens (tertiary/aromatic N) is 1. The van der Waals surface area contributed by atoms with Gasteiger partial charge in [-0.25, -0.2) is 0 Å². The first kappa shape index (κ1) is 14.1. The number of ether oxygens (including phenoxy) is 1. The summed E-state index contributed by atoms with van der Waals surface area (Å²) >= 11 is 0. The summed E-state index contributed by atoms with van der Waals surface area (Å²) in [5, 5.41) is 0. The molecule has 0 fully saturated rings. The standard InChI is InChI=1S/C17H19NO2/c1-18(15-9-6-10-16(13-15)20-2)12-11-17(19)14-7-4-3-5-8-14/h3-10,13H,11-12H2,1-2H3. The summed E-state index contributed by atoms with van der Waals surface area (Å²) in [6, 6.07) is 17.2. The van der Waals surface area contributed by atoms with Crippen molar-refractivity contribution in [3.05, 3.63) is 60.2 Å². The van der Waals surface area contributed by atoms with Crippen LogP contribution in [0.3, 0.4) is 0 Å². The molecule has 0 unspecified atom stereocenters. The van der Waals surface area contributed by atoms with Crippen LogP contribution < -0.4 is 9.64 Å². The fourth-order valence-electron chi connectivity index (χ4n) is 2.01. The predicted molar refractivity (Wildman–Crippen MR) is 81.7 cm³/mol. The molecule has 0 aliphatic heterocycles. The molecule has 0 bridgehead atoms. The predicted octanol–water partition coefficient (Wildman–Crippen LogP) is 3.40. The zero-order valence-electron chi connectivity index (χ0n) is 11.9. The van der Waals surface area contributed by atoms with Gasteiger partial charge in [-0.2, -0.15) is 0 Å². The molecule has 2 rings (SSSR count). The van der Waals surface area contributed by atoms with Gasteiger partial charge in [-0.1, -0.05) is 36.4 Å². The number of anilines is 1. The molecule has 0 amide bonds. The average Bonchev–Trinajstić information content (AvgIpc) is 2.53. The second-order valence-corrected chi connectivity index (χ2v) is 4.66. The Hall–Kier alpha value is -2.29. The monoisotopic (exact) mass is 269 g/mol. The molecule has 2 aromatic rings. The van der Waals surface area contributed by atoms with E-state index in [9.17, 15) is 4.79 Å². The first-order valence-corrected chi connectivity index (χ1v) is 6.64. The van der Waals surface area contributed by atoms with E-state index in [-0.39, 0.29) is 5.78 Å². The molecule has 0 aliphatic carbocycles. The van der Waals surface area contributed by atoms with Gasteiger partial charge in [-0.15, -0.1) is 0 Å². The lowest BCUT2D eigenvalue weighted by Crippen LogP contribution is -2.21. The topological polar surface area (TPSA) is 29.5 Å². The molecule has 3 nitrogen and oxygen atoms in total. The summed E-state index contributed by atoms with van der Waals surface area (Å²) in [6.07, 6.45) is 0.498. The van der Waals surface area contributed by atoms with Crippen LogP contribution in [0.1, 0.15) is 16.8 Å². The van der Waals surface area contributed by atoms with Crippen LogP contribution >= 0.6 is 0 Å². The van der Waals surface area contributed by atoms with E-state index in [1.54, 1.807) is 7.11 Å². The largest absolute Gasteiger partial charge is 0.497 e. The van der Waals surface area contributed by atoms with Crippen LogP contribution in [0.2, 0.25) is 0 Å². The highest BCUT2D eigenvalue weighted by atomic mass is 16.5. The van der Waals surface area contributed by atoms with Crippen LogP contribution in [0.25, 0.3) is 0 Å². The maximum Gasteiger partial charge on any atom is 0.164 e. The summed E-state index contributed by atoms with van der Waals surface area (Å²) in [4.78, 5) is 14.1. The van der Waals surface area contributed by atoms with Crippen molar-refractivity contribution < 1.29 is 9.53 Å². The van der Waals surface area contributed by atoms with Crippen molar-refractivity contribution >= 4 is 11.5 Å². The fraction of sp³-hybridized carbons (Fsp3) is 0.235. The van der Waals surface area contributed by atoms with Gasteiger partial charge < -0.3 is 9.64 Å². The Morgan fingerprint density at radius 2 is 1.85 bits per heavy atom. The third kappa shape index (κ3) is 3.60. The molecule has 0 aliphatic rings. The molecular weight excluding hydrogens is 250 g/mol. The number of rotatable bonds is 6. The van der Waals surface area contributed by atoms with Gasteiger partial charge in [0, 0.05) is 37.3 Å². The summed E-state index contributed by atoms with van der Waals surface area (Å²) in [7, 11) is 3.63. The highest BCUT2D eigenvalue weighted by molar-refractivity contribution is 5.96. The summed E-state index contributed by atoms with van der Waals surface area (Å²) in [5.74, 6) is 0.990. The molecule has 2 aromatic carbocycles. The molecule has 0 radical (unpaired) electrons. The second-order valence-electron chi connectivity index (χ2n) is 4.66. The number of hydrogen-bond acceptors (Lipinski definition) is 3. The lowest BCUT2D eigenvalue weighted by Gasteiger charge is -2.19. The Labute approximate surface area is 119 Å². The smallest absolute Gasteiger partial charge is 0.164 e. The molecule has 3 heteroatoms. The second kappa shape index (κ2) is 6.75. The first-order chi connectivity index (χ1) is 9.70. The summed E-state index contributed by atoms with van der Waals surface area (Å²) < 4.78 is 5.21. The number of Topliss-reactive ketones (excluding diaryl/α,β-unsaturated/α-hetero) is 1. The number of carbonyl (C=O) groups is 1. The van der Waals surface area contributed by atoms with Crippen LogP contribution in [0.4, 0.5) is 5.69 Å².